The zero-order valence-corrected chi connectivity index (χ0v) is 19.0. The van der Waals surface area contributed by atoms with Crippen LogP contribution in [0.15, 0.2) is 36.9 Å². The van der Waals surface area contributed by atoms with Gasteiger partial charge in [0.1, 0.15) is 11.8 Å². The Morgan fingerprint density at radius 1 is 1.41 bits per heavy atom. The number of methoxy groups -OCH3 is 1. The molecule has 2 unspecified atom stereocenters. The second-order valence-electron chi connectivity index (χ2n) is 8.61. The second kappa shape index (κ2) is 8.44. The van der Waals surface area contributed by atoms with Crippen LogP contribution in [0.25, 0.3) is 0 Å². The van der Waals surface area contributed by atoms with Gasteiger partial charge in [0, 0.05) is 17.5 Å². The number of carboxylic acids is 1. The number of carbonyl (C=O) groups excluding carboxylic acids is 2. The van der Waals surface area contributed by atoms with Gasteiger partial charge in [-0.2, -0.15) is 0 Å². The summed E-state index contributed by atoms with van der Waals surface area (Å²) in [6.07, 6.45) is 2.87. The van der Waals surface area contributed by atoms with Gasteiger partial charge in [-0.1, -0.05) is 6.08 Å². The number of aliphatic carboxylic acids is 1. The van der Waals surface area contributed by atoms with Crippen LogP contribution in [-0.2, 0) is 14.4 Å². The molecule has 0 radical (unpaired) electrons. The van der Waals surface area contributed by atoms with Crippen LogP contribution in [0.4, 0.5) is 5.69 Å². The molecule has 2 amide bonds. The zero-order chi connectivity index (χ0) is 23.2. The van der Waals surface area contributed by atoms with Gasteiger partial charge in [0.2, 0.25) is 5.91 Å². The number of amides is 2. The molecule has 2 N–H and O–H groups in total. The summed E-state index contributed by atoms with van der Waals surface area (Å²) in [5.41, 5.74) is 0.631. The highest BCUT2D eigenvalue weighted by Crippen LogP contribution is 2.66. The maximum absolute atomic E-state index is 14.1. The molecule has 3 aliphatic heterocycles. The molecule has 6 atom stereocenters. The molecule has 1 aromatic carbocycles. The minimum atomic E-state index is -0.995. The lowest BCUT2D eigenvalue weighted by molar-refractivity contribution is -0.149. The predicted octanol–water partition coefficient (Wildman–Crippen LogP) is 1.77. The Bertz CT molecular complexity index is 937. The maximum Gasteiger partial charge on any atom is 0.308 e. The maximum atomic E-state index is 14.1. The Labute approximate surface area is 191 Å². The third-order valence-electron chi connectivity index (χ3n) is 6.96. The monoisotopic (exact) mass is 460 g/mol. The normalized spacial score (nSPS) is 31.3. The van der Waals surface area contributed by atoms with Gasteiger partial charge in [-0.3, -0.25) is 14.4 Å². The second-order valence-corrected chi connectivity index (χ2v) is 10.2. The van der Waals surface area contributed by atoms with E-state index in [0.717, 1.165) is 0 Å². The van der Waals surface area contributed by atoms with E-state index in [9.17, 15) is 24.6 Å². The van der Waals surface area contributed by atoms with Crippen molar-refractivity contribution in [1.82, 2.24) is 4.90 Å². The van der Waals surface area contributed by atoms with Gasteiger partial charge in [-0.15, -0.1) is 18.3 Å². The molecule has 0 aliphatic carbocycles. The highest BCUT2D eigenvalue weighted by molar-refractivity contribution is 8.02. The van der Waals surface area contributed by atoms with E-state index in [4.69, 9.17) is 4.74 Å². The molecule has 172 valence electrons. The quantitative estimate of drug-likeness (QED) is 0.570. The van der Waals surface area contributed by atoms with Gasteiger partial charge in [0.05, 0.1) is 36.3 Å². The molecule has 3 saturated heterocycles. The number of hydrogen-bond donors (Lipinski definition) is 2. The van der Waals surface area contributed by atoms with Crippen molar-refractivity contribution >= 4 is 35.2 Å². The van der Waals surface area contributed by atoms with E-state index in [0.29, 0.717) is 24.3 Å². The summed E-state index contributed by atoms with van der Waals surface area (Å²) in [5, 5.41) is 19.6. The molecular formula is C23H28N2O6S. The summed E-state index contributed by atoms with van der Waals surface area (Å²) in [6.45, 7) is 5.39. The van der Waals surface area contributed by atoms with Crippen molar-refractivity contribution in [1.29, 1.82) is 0 Å². The van der Waals surface area contributed by atoms with Crippen molar-refractivity contribution in [2.75, 3.05) is 25.2 Å². The van der Waals surface area contributed by atoms with Crippen molar-refractivity contribution in [2.45, 2.75) is 41.8 Å². The van der Waals surface area contributed by atoms with Crippen molar-refractivity contribution in [3.05, 3.63) is 36.9 Å². The van der Waals surface area contributed by atoms with Crippen molar-refractivity contribution in [3.8, 4) is 5.75 Å². The Balaban J connectivity index is 1.78. The number of anilines is 1. The van der Waals surface area contributed by atoms with Crippen LogP contribution in [0.2, 0.25) is 0 Å². The topological polar surface area (TPSA) is 107 Å². The SMILES string of the molecule is C=CCN(C(=O)C1N([C@H](C)CO)C(=O)[C@@H]2[C@H](C(=O)O)[C@@H]3CCC12S3)c1ccc(OC)cc1. The third-order valence-corrected chi connectivity index (χ3v) is 8.91. The molecule has 3 aliphatic rings. The number of hydrogen-bond acceptors (Lipinski definition) is 6. The predicted molar refractivity (Wildman–Crippen MR) is 121 cm³/mol. The van der Waals surface area contributed by atoms with Gasteiger partial charge >= 0.3 is 5.97 Å². The fourth-order valence-electron chi connectivity index (χ4n) is 5.58. The van der Waals surface area contributed by atoms with Gasteiger partial charge in [0.15, 0.2) is 0 Å². The molecule has 0 aromatic heterocycles. The van der Waals surface area contributed by atoms with E-state index < -0.39 is 34.6 Å². The zero-order valence-electron chi connectivity index (χ0n) is 18.1. The number of rotatable bonds is 8. The van der Waals surface area contributed by atoms with Crippen molar-refractivity contribution in [3.63, 3.8) is 0 Å². The number of carbonyl (C=O) groups is 3. The number of aliphatic hydroxyl groups is 1. The number of ether oxygens (including phenoxy) is 1. The van der Waals surface area contributed by atoms with E-state index in [1.165, 1.54) is 16.7 Å². The molecule has 2 bridgehead atoms. The summed E-state index contributed by atoms with van der Waals surface area (Å²) >= 11 is 1.48. The lowest BCUT2D eigenvalue weighted by Crippen LogP contribution is -2.57. The molecule has 3 heterocycles. The van der Waals surface area contributed by atoms with Crippen molar-refractivity contribution in [2.24, 2.45) is 11.8 Å². The molecule has 8 nitrogen and oxygen atoms in total. The van der Waals surface area contributed by atoms with Crippen LogP contribution in [0.5, 0.6) is 5.75 Å². The average molecular weight is 461 g/mol. The first-order valence-electron chi connectivity index (χ1n) is 10.7. The standard InChI is InChI=1S/C23H28N2O6S/c1-4-11-24(14-5-7-15(31-3)8-6-14)21(28)19-23-10-9-16(32-23)17(22(29)30)18(23)20(27)25(19)13(2)12-26/h4-8,13,16-19,26H,1,9-12H2,2-3H3,(H,29,30)/t13-,16+,17-,18+,19?,23?/m1/s1. The minimum Gasteiger partial charge on any atom is -0.497 e. The van der Waals surface area contributed by atoms with Crippen LogP contribution < -0.4 is 9.64 Å². The summed E-state index contributed by atoms with van der Waals surface area (Å²) < 4.78 is 4.40. The smallest absolute Gasteiger partial charge is 0.308 e. The van der Waals surface area contributed by atoms with Crippen molar-refractivity contribution < 1.29 is 29.3 Å². The van der Waals surface area contributed by atoms with E-state index in [1.807, 2.05) is 0 Å². The summed E-state index contributed by atoms with van der Waals surface area (Å²) in [5.74, 6) is -2.57. The number of carboxylic acid groups (broad SMARTS) is 1. The number of likely N-dealkylation sites (tertiary alicyclic amines) is 1. The van der Waals surface area contributed by atoms with Crippen LogP contribution in [-0.4, -0.2) is 75.2 Å². The summed E-state index contributed by atoms with van der Waals surface area (Å²) in [7, 11) is 1.56. The van der Waals surface area contributed by atoms with E-state index >= 15 is 0 Å². The van der Waals surface area contributed by atoms with Gasteiger partial charge < -0.3 is 24.7 Å². The van der Waals surface area contributed by atoms with Crippen LogP contribution in [0.3, 0.4) is 0 Å². The summed E-state index contributed by atoms with van der Waals surface area (Å²) in [6, 6.07) is 5.58. The lowest BCUT2D eigenvalue weighted by Gasteiger charge is -2.38. The first-order valence-corrected chi connectivity index (χ1v) is 11.6. The lowest BCUT2D eigenvalue weighted by atomic mass is 9.71. The Kier molecular flexibility index (Phi) is 5.98. The molecular weight excluding hydrogens is 432 g/mol. The number of benzene rings is 1. The highest BCUT2D eigenvalue weighted by Gasteiger charge is 2.74. The molecule has 3 fully saturated rings. The molecule has 9 heteroatoms. The number of thioether (sulfide) groups is 1. The fraction of sp³-hybridized carbons (Fsp3) is 0.522. The molecule has 4 rings (SSSR count). The molecule has 0 saturated carbocycles. The van der Waals surface area contributed by atoms with Gasteiger partial charge in [0.25, 0.3) is 5.91 Å². The average Bonchev–Trinajstić information content (AvgIpc) is 3.44. The summed E-state index contributed by atoms with van der Waals surface area (Å²) in [4.78, 5) is 42.7. The Morgan fingerprint density at radius 3 is 2.66 bits per heavy atom. The molecule has 1 spiro atoms. The van der Waals surface area contributed by atoms with E-state index in [2.05, 4.69) is 6.58 Å². The molecule has 1 aromatic rings. The Morgan fingerprint density at radius 2 is 2.09 bits per heavy atom. The van der Waals surface area contributed by atoms with Crippen LogP contribution in [0, 0.1) is 11.8 Å². The first kappa shape index (κ1) is 22.7. The first-order chi connectivity index (χ1) is 15.3. The number of aliphatic hydroxyl groups excluding tert-OH is 1. The van der Waals surface area contributed by atoms with Gasteiger partial charge in [-0.05, 0) is 44.0 Å². The minimum absolute atomic E-state index is 0.183. The third kappa shape index (κ3) is 3.21. The van der Waals surface area contributed by atoms with E-state index in [1.54, 1.807) is 49.3 Å². The highest BCUT2D eigenvalue weighted by atomic mass is 32.2. The fourth-order valence-corrected chi connectivity index (χ4v) is 7.77. The van der Waals surface area contributed by atoms with Gasteiger partial charge in [-0.25, -0.2) is 0 Å². The van der Waals surface area contributed by atoms with Crippen LogP contribution in [0.1, 0.15) is 19.8 Å². The van der Waals surface area contributed by atoms with Crippen LogP contribution >= 0.6 is 11.8 Å². The number of fused-ring (bicyclic) bond motifs is 1. The Hall–Kier alpha value is -2.52. The largest absolute Gasteiger partial charge is 0.497 e. The number of nitrogens with zero attached hydrogens (tertiary/aromatic N) is 2. The molecule has 32 heavy (non-hydrogen) atoms. The van der Waals surface area contributed by atoms with E-state index in [-0.39, 0.29) is 30.2 Å².